The van der Waals surface area contributed by atoms with Crippen LogP contribution in [0.2, 0.25) is 0 Å². The first kappa shape index (κ1) is 17.0. The van der Waals surface area contributed by atoms with E-state index in [0.717, 1.165) is 19.3 Å². The standard InChI is InChI=1S/C19H22FNO2/c20-17-9-11-18(12-10-17)23-15-5-4-14-21-19(22)13-8-16-6-2-1-3-7-16/h1-3,6-7,9-12H,4-5,8,13-15H2,(H,21,22). The maximum atomic E-state index is 12.7. The van der Waals surface area contributed by atoms with Gasteiger partial charge >= 0.3 is 0 Å². The molecule has 0 heterocycles. The second kappa shape index (κ2) is 9.62. The lowest BCUT2D eigenvalue weighted by atomic mass is 10.1. The first-order valence-corrected chi connectivity index (χ1v) is 7.93. The van der Waals surface area contributed by atoms with Gasteiger partial charge in [-0.15, -0.1) is 0 Å². The molecular formula is C19H22FNO2. The lowest BCUT2D eigenvalue weighted by Crippen LogP contribution is -2.24. The fourth-order valence-electron chi connectivity index (χ4n) is 2.17. The summed E-state index contributed by atoms with van der Waals surface area (Å²) < 4.78 is 18.2. The maximum absolute atomic E-state index is 12.7. The number of unbranched alkanes of at least 4 members (excludes halogenated alkanes) is 1. The summed E-state index contributed by atoms with van der Waals surface area (Å²) in [7, 11) is 0. The molecule has 1 N–H and O–H groups in total. The minimum atomic E-state index is -0.268. The average molecular weight is 315 g/mol. The van der Waals surface area contributed by atoms with Crippen LogP contribution < -0.4 is 10.1 Å². The molecule has 23 heavy (non-hydrogen) atoms. The summed E-state index contributed by atoms with van der Waals surface area (Å²) in [5.41, 5.74) is 1.18. The molecule has 1 amide bonds. The van der Waals surface area contributed by atoms with Gasteiger partial charge in [-0.05, 0) is 49.1 Å². The normalized spacial score (nSPS) is 10.3. The van der Waals surface area contributed by atoms with Crippen LogP contribution in [0.15, 0.2) is 54.6 Å². The van der Waals surface area contributed by atoms with E-state index in [1.54, 1.807) is 12.1 Å². The van der Waals surface area contributed by atoms with Gasteiger partial charge in [-0.2, -0.15) is 0 Å². The number of hydrogen-bond donors (Lipinski definition) is 1. The predicted octanol–water partition coefficient (Wildman–Crippen LogP) is 3.73. The number of halogens is 1. The highest BCUT2D eigenvalue weighted by Gasteiger charge is 2.01. The number of carbonyl (C=O) groups is 1. The first-order chi connectivity index (χ1) is 11.2. The third-order valence-corrected chi connectivity index (χ3v) is 3.46. The molecule has 0 fully saturated rings. The molecule has 0 spiro atoms. The molecule has 0 aromatic heterocycles. The number of rotatable bonds is 9. The van der Waals surface area contributed by atoms with Gasteiger partial charge in [0.2, 0.25) is 5.91 Å². The summed E-state index contributed by atoms with van der Waals surface area (Å²) in [5, 5.41) is 2.91. The van der Waals surface area contributed by atoms with Crippen molar-refractivity contribution in [3.8, 4) is 5.75 Å². The molecule has 122 valence electrons. The highest BCUT2D eigenvalue weighted by atomic mass is 19.1. The van der Waals surface area contributed by atoms with Gasteiger partial charge in [0.05, 0.1) is 6.61 Å². The van der Waals surface area contributed by atoms with Crippen LogP contribution in [-0.2, 0) is 11.2 Å². The van der Waals surface area contributed by atoms with E-state index in [0.29, 0.717) is 25.3 Å². The van der Waals surface area contributed by atoms with E-state index < -0.39 is 0 Å². The van der Waals surface area contributed by atoms with E-state index in [-0.39, 0.29) is 11.7 Å². The largest absolute Gasteiger partial charge is 0.494 e. The Kier molecular flexibility index (Phi) is 7.11. The Hall–Kier alpha value is -2.36. The number of carbonyl (C=O) groups excluding carboxylic acids is 1. The number of nitrogens with one attached hydrogen (secondary N) is 1. The summed E-state index contributed by atoms with van der Waals surface area (Å²) in [4.78, 5) is 11.7. The predicted molar refractivity (Wildman–Crippen MR) is 88.9 cm³/mol. The van der Waals surface area contributed by atoms with Crippen LogP contribution in [0.4, 0.5) is 4.39 Å². The quantitative estimate of drug-likeness (QED) is 0.716. The zero-order valence-corrected chi connectivity index (χ0v) is 13.1. The van der Waals surface area contributed by atoms with Gasteiger partial charge in [0.15, 0.2) is 0 Å². The molecule has 2 aromatic rings. The molecule has 3 nitrogen and oxygen atoms in total. The number of benzene rings is 2. The maximum Gasteiger partial charge on any atom is 0.220 e. The topological polar surface area (TPSA) is 38.3 Å². The Morgan fingerprint density at radius 2 is 1.74 bits per heavy atom. The third kappa shape index (κ3) is 6.96. The van der Waals surface area contributed by atoms with E-state index in [1.807, 2.05) is 30.3 Å². The summed E-state index contributed by atoms with van der Waals surface area (Å²) in [5.74, 6) is 0.474. The molecule has 0 bridgehead atoms. The van der Waals surface area contributed by atoms with Crippen LogP contribution in [0.1, 0.15) is 24.8 Å². The fourth-order valence-corrected chi connectivity index (χ4v) is 2.17. The Labute approximate surface area is 136 Å². The monoisotopic (exact) mass is 315 g/mol. The Bertz CT molecular complexity index is 584. The van der Waals surface area contributed by atoms with Gasteiger partial charge in [-0.1, -0.05) is 30.3 Å². The van der Waals surface area contributed by atoms with Crippen molar-refractivity contribution in [2.24, 2.45) is 0 Å². The van der Waals surface area contributed by atoms with Crippen LogP contribution in [0.25, 0.3) is 0 Å². The minimum Gasteiger partial charge on any atom is -0.494 e. The Balaban J connectivity index is 1.50. The third-order valence-electron chi connectivity index (χ3n) is 3.46. The average Bonchev–Trinajstić information content (AvgIpc) is 2.58. The zero-order chi connectivity index (χ0) is 16.3. The SMILES string of the molecule is O=C(CCc1ccccc1)NCCCCOc1ccc(F)cc1. The van der Waals surface area contributed by atoms with Crippen LogP contribution in [-0.4, -0.2) is 19.1 Å². The van der Waals surface area contributed by atoms with E-state index >= 15 is 0 Å². The Morgan fingerprint density at radius 3 is 2.48 bits per heavy atom. The van der Waals surface area contributed by atoms with Crippen LogP contribution in [0.3, 0.4) is 0 Å². The van der Waals surface area contributed by atoms with Crippen molar-refractivity contribution in [1.29, 1.82) is 0 Å². The van der Waals surface area contributed by atoms with Gasteiger partial charge < -0.3 is 10.1 Å². The molecule has 0 aliphatic heterocycles. The first-order valence-electron chi connectivity index (χ1n) is 7.93. The molecular weight excluding hydrogens is 293 g/mol. The van der Waals surface area contributed by atoms with Crippen molar-refractivity contribution in [3.05, 3.63) is 66.0 Å². The van der Waals surface area contributed by atoms with E-state index in [2.05, 4.69) is 5.32 Å². The minimum absolute atomic E-state index is 0.0771. The number of hydrogen-bond acceptors (Lipinski definition) is 2. The van der Waals surface area contributed by atoms with Crippen LogP contribution in [0.5, 0.6) is 5.75 Å². The molecule has 2 rings (SSSR count). The van der Waals surface area contributed by atoms with E-state index in [9.17, 15) is 9.18 Å². The van der Waals surface area contributed by atoms with Gasteiger partial charge in [0.25, 0.3) is 0 Å². The molecule has 0 radical (unpaired) electrons. The molecule has 0 saturated carbocycles. The lowest BCUT2D eigenvalue weighted by molar-refractivity contribution is -0.121. The van der Waals surface area contributed by atoms with Crippen molar-refractivity contribution in [2.45, 2.75) is 25.7 Å². The molecule has 0 atom stereocenters. The van der Waals surface area contributed by atoms with Gasteiger partial charge in [0, 0.05) is 13.0 Å². The second-order valence-electron chi connectivity index (χ2n) is 5.35. The van der Waals surface area contributed by atoms with E-state index in [1.165, 1.54) is 17.7 Å². The summed E-state index contributed by atoms with van der Waals surface area (Å²) in [6.45, 7) is 1.21. The molecule has 2 aromatic carbocycles. The molecule has 0 aliphatic rings. The molecule has 0 unspecified atom stereocenters. The van der Waals surface area contributed by atoms with Gasteiger partial charge in [-0.3, -0.25) is 4.79 Å². The van der Waals surface area contributed by atoms with Gasteiger partial charge in [0.1, 0.15) is 11.6 Å². The van der Waals surface area contributed by atoms with Crippen LogP contribution in [0, 0.1) is 5.82 Å². The van der Waals surface area contributed by atoms with Crippen molar-refractivity contribution in [1.82, 2.24) is 5.32 Å². The van der Waals surface area contributed by atoms with Crippen LogP contribution >= 0.6 is 0 Å². The molecule has 4 heteroatoms. The summed E-state index contributed by atoms with van der Waals surface area (Å²) >= 11 is 0. The smallest absolute Gasteiger partial charge is 0.220 e. The zero-order valence-electron chi connectivity index (χ0n) is 13.1. The number of amides is 1. The highest BCUT2D eigenvalue weighted by molar-refractivity contribution is 5.76. The number of aryl methyl sites for hydroxylation is 1. The molecule has 0 aliphatic carbocycles. The summed E-state index contributed by atoms with van der Waals surface area (Å²) in [6, 6.07) is 16.0. The van der Waals surface area contributed by atoms with Gasteiger partial charge in [-0.25, -0.2) is 4.39 Å². The highest BCUT2D eigenvalue weighted by Crippen LogP contribution is 2.11. The van der Waals surface area contributed by atoms with Crippen molar-refractivity contribution in [3.63, 3.8) is 0 Å². The van der Waals surface area contributed by atoms with Crippen molar-refractivity contribution < 1.29 is 13.9 Å². The van der Waals surface area contributed by atoms with Crippen molar-refractivity contribution in [2.75, 3.05) is 13.2 Å². The second-order valence-corrected chi connectivity index (χ2v) is 5.35. The molecule has 0 saturated heterocycles. The van der Waals surface area contributed by atoms with Crippen molar-refractivity contribution >= 4 is 5.91 Å². The number of ether oxygens (including phenoxy) is 1. The lowest BCUT2D eigenvalue weighted by Gasteiger charge is -2.07. The fraction of sp³-hybridized carbons (Fsp3) is 0.316. The Morgan fingerprint density at radius 1 is 1.00 bits per heavy atom. The van der Waals surface area contributed by atoms with E-state index in [4.69, 9.17) is 4.74 Å². The summed E-state index contributed by atoms with van der Waals surface area (Å²) in [6.07, 6.45) is 2.98.